The summed E-state index contributed by atoms with van der Waals surface area (Å²) in [5.41, 5.74) is 5.28. The highest BCUT2D eigenvalue weighted by molar-refractivity contribution is 5.89. The molecule has 0 spiro atoms. The molecule has 0 aliphatic heterocycles. The van der Waals surface area contributed by atoms with Crippen molar-refractivity contribution in [2.75, 3.05) is 12.4 Å². The topological polar surface area (TPSA) is 87.2 Å². The minimum Gasteiger partial charge on any atom is -0.497 e. The van der Waals surface area contributed by atoms with Gasteiger partial charge in [0.25, 0.3) is 0 Å². The first-order chi connectivity index (χ1) is 11.7. The van der Waals surface area contributed by atoms with E-state index in [1.165, 1.54) is 5.56 Å². The van der Waals surface area contributed by atoms with Gasteiger partial charge in [-0.25, -0.2) is 4.79 Å². The van der Waals surface area contributed by atoms with Gasteiger partial charge in [-0.2, -0.15) is 5.10 Å². The Balaban J connectivity index is 1.66. The monoisotopic (exact) mass is 321 g/mol. The van der Waals surface area contributed by atoms with Crippen LogP contribution < -0.4 is 10.1 Å². The van der Waals surface area contributed by atoms with E-state index in [0.717, 1.165) is 29.0 Å². The summed E-state index contributed by atoms with van der Waals surface area (Å²) < 4.78 is 5.28. The average molecular weight is 321 g/mol. The van der Waals surface area contributed by atoms with E-state index in [4.69, 9.17) is 9.84 Å². The zero-order valence-electron chi connectivity index (χ0n) is 13.0. The number of nitrogens with zero attached hydrogens (tertiary/aromatic N) is 1. The van der Waals surface area contributed by atoms with E-state index in [1.54, 1.807) is 25.3 Å². The SMILES string of the molecule is COc1ccc2c(c1)Cc1c(Nc3cccc(C(=O)O)c3)n[nH]c1-2. The number of aromatic carboxylic acids is 1. The molecule has 3 N–H and O–H groups in total. The number of carboxylic acid groups (broad SMARTS) is 1. The molecule has 4 rings (SSSR count). The highest BCUT2D eigenvalue weighted by atomic mass is 16.5. The lowest BCUT2D eigenvalue weighted by atomic mass is 10.1. The van der Waals surface area contributed by atoms with Crippen LogP contribution in [0.25, 0.3) is 11.3 Å². The van der Waals surface area contributed by atoms with Gasteiger partial charge in [-0.1, -0.05) is 6.07 Å². The fourth-order valence-corrected chi connectivity index (χ4v) is 3.01. The molecule has 3 aromatic rings. The molecular weight excluding hydrogens is 306 g/mol. The van der Waals surface area contributed by atoms with Crippen molar-refractivity contribution in [3.05, 3.63) is 59.2 Å². The second-order valence-electron chi connectivity index (χ2n) is 5.64. The molecule has 0 unspecified atom stereocenters. The number of anilines is 2. The molecule has 1 aromatic heterocycles. The minimum atomic E-state index is -0.953. The van der Waals surface area contributed by atoms with E-state index in [1.807, 2.05) is 24.3 Å². The molecule has 120 valence electrons. The molecule has 0 bridgehead atoms. The van der Waals surface area contributed by atoms with Crippen molar-refractivity contribution in [2.45, 2.75) is 6.42 Å². The van der Waals surface area contributed by atoms with E-state index >= 15 is 0 Å². The highest BCUT2D eigenvalue weighted by Gasteiger charge is 2.25. The summed E-state index contributed by atoms with van der Waals surface area (Å²) in [5, 5.41) is 19.7. The Morgan fingerprint density at radius 2 is 2.17 bits per heavy atom. The lowest BCUT2D eigenvalue weighted by Gasteiger charge is -2.06. The summed E-state index contributed by atoms with van der Waals surface area (Å²) in [5.74, 6) is 0.587. The Kier molecular flexibility index (Phi) is 3.23. The number of H-pyrrole nitrogens is 1. The number of carboxylic acids is 1. The lowest BCUT2D eigenvalue weighted by molar-refractivity contribution is 0.0697. The Labute approximate surface area is 138 Å². The fraction of sp³-hybridized carbons (Fsp3) is 0.111. The Hall–Kier alpha value is -3.28. The fourth-order valence-electron chi connectivity index (χ4n) is 3.01. The summed E-state index contributed by atoms with van der Waals surface area (Å²) in [6.45, 7) is 0. The van der Waals surface area contributed by atoms with E-state index in [9.17, 15) is 4.79 Å². The summed E-state index contributed by atoms with van der Waals surface area (Å²) in [6.07, 6.45) is 0.749. The molecular formula is C18H15N3O3. The Morgan fingerprint density at radius 1 is 1.29 bits per heavy atom. The molecule has 6 heteroatoms. The van der Waals surface area contributed by atoms with Crippen molar-refractivity contribution in [3.8, 4) is 17.0 Å². The van der Waals surface area contributed by atoms with Crippen molar-refractivity contribution in [1.29, 1.82) is 0 Å². The Morgan fingerprint density at radius 3 is 2.96 bits per heavy atom. The number of nitrogens with one attached hydrogen (secondary N) is 2. The molecule has 2 aromatic carbocycles. The third-order valence-electron chi connectivity index (χ3n) is 4.19. The van der Waals surface area contributed by atoms with Crippen LogP contribution in [-0.2, 0) is 6.42 Å². The van der Waals surface area contributed by atoms with Crippen molar-refractivity contribution in [2.24, 2.45) is 0 Å². The standard InChI is InChI=1S/C18H15N3O3/c1-24-13-5-6-14-11(8-13)9-15-16(14)20-21-17(15)19-12-4-2-3-10(7-12)18(22)23/h2-8H,9H2,1H3,(H,22,23)(H2,19,20,21). The molecule has 24 heavy (non-hydrogen) atoms. The van der Waals surface area contributed by atoms with Crippen molar-refractivity contribution >= 4 is 17.5 Å². The lowest BCUT2D eigenvalue weighted by Crippen LogP contribution is -1.99. The number of ether oxygens (including phenoxy) is 1. The van der Waals surface area contributed by atoms with Crippen molar-refractivity contribution in [3.63, 3.8) is 0 Å². The number of hydrogen-bond acceptors (Lipinski definition) is 4. The first-order valence-corrected chi connectivity index (χ1v) is 7.50. The average Bonchev–Trinajstić information content (AvgIpc) is 3.14. The first-order valence-electron chi connectivity index (χ1n) is 7.50. The smallest absolute Gasteiger partial charge is 0.335 e. The number of benzene rings is 2. The maximum Gasteiger partial charge on any atom is 0.335 e. The maximum atomic E-state index is 11.1. The maximum absolute atomic E-state index is 11.1. The highest BCUT2D eigenvalue weighted by Crippen LogP contribution is 2.40. The van der Waals surface area contributed by atoms with Crippen LogP contribution in [0.1, 0.15) is 21.5 Å². The number of rotatable bonds is 4. The number of fused-ring (bicyclic) bond motifs is 3. The first kappa shape index (κ1) is 14.3. The van der Waals surface area contributed by atoms with Crippen LogP contribution in [0.5, 0.6) is 5.75 Å². The van der Waals surface area contributed by atoms with Crippen molar-refractivity contribution < 1.29 is 14.6 Å². The molecule has 0 fully saturated rings. The van der Waals surface area contributed by atoms with Crippen LogP contribution in [0.15, 0.2) is 42.5 Å². The van der Waals surface area contributed by atoms with Crippen LogP contribution in [-0.4, -0.2) is 28.4 Å². The predicted octanol–water partition coefficient (Wildman–Crippen LogP) is 3.43. The zero-order valence-corrected chi connectivity index (χ0v) is 13.0. The largest absolute Gasteiger partial charge is 0.497 e. The van der Waals surface area contributed by atoms with Gasteiger partial charge in [0.2, 0.25) is 0 Å². The van der Waals surface area contributed by atoms with E-state index < -0.39 is 5.97 Å². The summed E-state index contributed by atoms with van der Waals surface area (Å²) >= 11 is 0. The van der Waals surface area contributed by atoms with Gasteiger partial charge in [-0.15, -0.1) is 0 Å². The van der Waals surface area contributed by atoms with E-state index in [0.29, 0.717) is 11.5 Å². The quantitative estimate of drug-likeness (QED) is 0.536. The van der Waals surface area contributed by atoms with E-state index in [-0.39, 0.29) is 5.56 Å². The van der Waals surface area contributed by atoms with E-state index in [2.05, 4.69) is 15.5 Å². The molecule has 0 saturated carbocycles. The molecule has 0 atom stereocenters. The van der Waals surface area contributed by atoms with Crippen LogP contribution in [0.2, 0.25) is 0 Å². The second kappa shape index (κ2) is 5.42. The normalized spacial score (nSPS) is 11.7. The third-order valence-corrected chi connectivity index (χ3v) is 4.19. The van der Waals surface area contributed by atoms with Gasteiger partial charge in [-0.05, 0) is 42.0 Å². The number of aromatic amines is 1. The number of aromatic nitrogens is 2. The van der Waals surface area contributed by atoms with Gasteiger partial charge in [0.05, 0.1) is 18.4 Å². The van der Waals surface area contributed by atoms with Gasteiger partial charge in [0.15, 0.2) is 5.82 Å². The molecule has 6 nitrogen and oxygen atoms in total. The summed E-state index contributed by atoms with van der Waals surface area (Å²) in [4.78, 5) is 11.1. The van der Waals surface area contributed by atoms with Crippen LogP contribution in [0, 0.1) is 0 Å². The molecule has 1 heterocycles. The predicted molar refractivity (Wildman–Crippen MR) is 90.1 cm³/mol. The second-order valence-corrected chi connectivity index (χ2v) is 5.64. The van der Waals surface area contributed by atoms with Gasteiger partial charge >= 0.3 is 5.97 Å². The third kappa shape index (κ3) is 2.28. The van der Waals surface area contributed by atoms with Crippen LogP contribution >= 0.6 is 0 Å². The number of methoxy groups -OCH3 is 1. The van der Waals surface area contributed by atoms with Gasteiger partial charge < -0.3 is 15.2 Å². The molecule has 0 radical (unpaired) electrons. The zero-order chi connectivity index (χ0) is 16.7. The van der Waals surface area contributed by atoms with Gasteiger partial charge in [0, 0.05) is 23.2 Å². The number of carbonyl (C=O) groups is 1. The molecule has 0 saturated heterocycles. The van der Waals surface area contributed by atoms with Gasteiger partial charge in [-0.3, -0.25) is 5.10 Å². The van der Waals surface area contributed by atoms with Crippen molar-refractivity contribution in [1.82, 2.24) is 10.2 Å². The number of hydrogen-bond donors (Lipinski definition) is 3. The molecule has 0 amide bonds. The summed E-state index contributed by atoms with van der Waals surface area (Å²) in [7, 11) is 1.65. The van der Waals surface area contributed by atoms with Crippen LogP contribution in [0.3, 0.4) is 0 Å². The Bertz CT molecular complexity index is 946. The van der Waals surface area contributed by atoms with Gasteiger partial charge in [0.1, 0.15) is 5.75 Å². The summed E-state index contributed by atoms with van der Waals surface area (Å²) in [6, 6.07) is 12.7. The van der Waals surface area contributed by atoms with Crippen LogP contribution in [0.4, 0.5) is 11.5 Å². The molecule has 1 aliphatic carbocycles. The minimum absolute atomic E-state index is 0.236. The molecule has 1 aliphatic rings.